The van der Waals surface area contributed by atoms with Crippen LogP contribution < -0.4 is 15.2 Å². The van der Waals surface area contributed by atoms with Crippen molar-refractivity contribution in [2.45, 2.75) is 30.5 Å². The average molecular weight is 503 g/mol. The fraction of sp³-hybridized carbons (Fsp3) is 0.276. The lowest BCUT2D eigenvalue weighted by Gasteiger charge is -2.37. The molecule has 1 aromatic heterocycles. The van der Waals surface area contributed by atoms with Crippen LogP contribution in [0.3, 0.4) is 0 Å². The van der Waals surface area contributed by atoms with Crippen LogP contribution >= 0.6 is 0 Å². The molecular weight excluding hydrogens is 472 g/mol. The third kappa shape index (κ3) is 4.79. The van der Waals surface area contributed by atoms with Gasteiger partial charge in [0.05, 0.1) is 26.9 Å². The number of nitrogens with one attached hydrogen (secondary N) is 1. The summed E-state index contributed by atoms with van der Waals surface area (Å²) in [6.07, 6.45) is 1.45. The summed E-state index contributed by atoms with van der Waals surface area (Å²) >= 11 is 0. The molecule has 1 saturated heterocycles. The highest BCUT2D eigenvalue weighted by atomic mass is 16.6. The lowest BCUT2D eigenvalue weighted by Crippen LogP contribution is -2.38. The second-order valence-electron chi connectivity index (χ2n) is 8.92. The molecular formula is C29H30N2O6. The van der Waals surface area contributed by atoms with Crippen molar-refractivity contribution in [3.8, 4) is 11.5 Å². The van der Waals surface area contributed by atoms with Crippen molar-refractivity contribution in [3.05, 3.63) is 118 Å². The molecule has 4 aromatic rings. The number of hydrogen-bond donors (Lipinski definition) is 2. The predicted molar refractivity (Wildman–Crippen MR) is 138 cm³/mol. The zero-order valence-corrected chi connectivity index (χ0v) is 20.7. The van der Waals surface area contributed by atoms with Gasteiger partial charge in [0.2, 0.25) is 0 Å². The second kappa shape index (κ2) is 10.6. The normalized spacial score (nSPS) is 19.6. The highest BCUT2D eigenvalue weighted by Crippen LogP contribution is 2.42. The zero-order chi connectivity index (χ0) is 25.8. The minimum Gasteiger partial charge on any atom is -0.497 e. The van der Waals surface area contributed by atoms with E-state index in [0.29, 0.717) is 0 Å². The van der Waals surface area contributed by atoms with Crippen molar-refractivity contribution in [2.75, 3.05) is 20.8 Å². The van der Waals surface area contributed by atoms with E-state index in [1.807, 2.05) is 78.9 Å². The minimum absolute atomic E-state index is 0.0871. The van der Waals surface area contributed by atoms with E-state index in [9.17, 15) is 9.90 Å². The van der Waals surface area contributed by atoms with Crippen molar-refractivity contribution >= 4 is 0 Å². The Morgan fingerprint density at radius 1 is 0.919 bits per heavy atom. The number of rotatable bonds is 9. The molecule has 0 bridgehead atoms. The van der Waals surface area contributed by atoms with Gasteiger partial charge in [-0.2, -0.15) is 0 Å². The number of imidazole rings is 1. The molecule has 0 spiro atoms. The molecule has 2 N–H and O–H groups in total. The maximum atomic E-state index is 12.1. The van der Waals surface area contributed by atoms with Crippen LogP contribution in [0.5, 0.6) is 11.5 Å². The molecule has 1 aliphatic rings. The molecule has 5 rings (SSSR count). The molecule has 0 saturated carbocycles. The number of ether oxygens (including phenoxy) is 4. The van der Waals surface area contributed by atoms with Crippen molar-refractivity contribution in [1.82, 2.24) is 9.55 Å². The van der Waals surface area contributed by atoms with Gasteiger partial charge in [0.1, 0.15) is 29.4 Å². The minimum atomic E-state index is -1.02. The number of aromatic amines is 1. The van der Waals surface area contributed by atoms with Gasteiger partial charge in [-0.1, -0.05) is 54.6 Å². The SMILES string of the molecule is COc1ccc(C(OC[C@H]2O[C@@H](n3cc[nH]c3=O)C[C@H]2O)(c2ccccc2)c2ccc(OC)cc2)cc1. The summed E-state index contributed by atoms with van der Waals surface area (Å²) in [5.41, 5.74) is 1.38. The molecule has 2 heterocycles. The van der Waals surface area contributed by atoms with Crippen molar-refractivity contribution in [1.29, 1.82) is 0 Å². The Morgan fingerprint density at radius 2 is 1.49 bits per heavy atom. The molecule has 0 unspecified atom stereocenters. The van der Waals surface area contributed by atoms with Crippen LogP contribution in [0.15, 0.2) is 96.1 Å². The summed E-state index contributed by atoms with van der Waals surface area (Å²) in [4.78, 5) is 14.7. The van der Waals surface area contributed by atoms with E-state index in [1.165, 1.54) is 4.57 Å². The van der Waals surface area contributed by atoms with Crippen LogP contribution in [-0.2, 0) is 15.1 Å². The van der Waals surface area contributed by atoms with Crippen LogP contribution in [0.4, 0.5) is 0 Å². The molecule has 37 heavy (non-hydrogen) atoms. The third-order valence-electron chi connectivity index (χ3n) is 6.83. The van der Waals surface area contributed by atoms with Gasteiger partial charge in [0.15, 0.2) is 0 Å². The fourth-order valence-corrected chi connectivity index (χ4v) is 4.88. The summed E-state index contributed by atoms with van der Waals surface area (Å²) in [7, 11) is 3.26. The average Bonchev–Trinajstić information content (AvgIpc) is 3.54. The Morgan fingerprint density at radius 3 is 2.00 bits per heavy atom. The van der Waals surface area contributed by atoms with Gasteiger partial charge in [-0.25, -0.2) is 4.79 Å². The van der Waals surface area contributed by atoms with Crippen LogP contribution in [0, 0.1) is 0 Å². The van der Waals surface area contributed by atoms with E-state index in [-0.39, 0.29) is 18.7 Å². The number of aromatic nitrogens is 2. The topological polar surface area (TPSA) is 94.9 Å². The molecule has 3 aromatic carbocycles. The fourth-order valence-electron chi connectivity index (χ4n) is 4.88. The van der Waals surface area contributed by atoms with E-state index in [0.717, 1.165) is 28.2 Å². The largest absolute Gasteiger partial charge is 0.497 e. The van der Waals surface area contributed by atoms with E-state index >= 15 is 0 Å². The molecule has 192 valence electrons. The lowest BCUT2D eigenvalue weighted by atomic mass is 9.80. The Labute approximate surface area is 215 Å². The van der Waals surface area contributed by atoms with Gasteiger partial charge in [-0.15, -0.1) is 0 Å². The summed E-state index contributed by atoms with van der Waals surface area (Å²) in [6, 6.07) is 25.4. The first-order chi connectivity index (χ1) is 18.0. The van der Waals surface area contributed by atoms with Gasteiger partial charge in [-0.05, 0) is 41.0 Å². The number of aliphatic hydroxyl groups excluding tert-OH is 1. The van der Waals surface area contributed by atoms with Gasteiger partial charge >= 0.3 is 5.69 Å². The molecule has 0 amide bonds. The summed E-state index contributed by atoms with van der Waals surface area (Å²) < 4.78 is 25.2. The first-order valence-electron chi connectivity index (χ1n) is 12.1. The Kier molecular flexibility index (Phi) is 7.14. The highest BCUT2D eigenvalue weighted by Gasteiger charge is 2.42. The summed E-state index contributed by atoms with van der Waals surface area (Å²) in [5, 5.41) is 10.8. The molecule has 1 aliphatic heterocycles. The van der Waals surface area contributed by atoms with Gasteiger partial charge in [0.25, 0.3) is 0 Å². The van der Waals surface area contributed by atoms with Crippen LogP contribution in [0.25, 0.3) is 0 Å². The molecule has 3 atom stereocenters. The Hall–Kier alpha value is -3.85. The Bertz CT molecular complexity index is 1300. The number of hydrogen-bond acceptors (Lipinski definition) is 6. The van der Waals surface area contributed by atoms with Crippen molar-refractivity contribution in [3.63, 3.8) is 0 Å². The molecule has 0 aliphatic carbocycles. The molecule has 1 fully saturated rings. The smallest absolute Gasteiger partial charge is 0.327 e. The van der Waals surface area contributed by atoms with Gasteiger partial charge in [-0.3, -0.25) is 4.57 Å². The van der Waals surface area contributed by atoms with E-state index < -0.39 is 24.0 Å². The van der Waals surface area contributed by atoms with Gasteiger partial charge < -0.3 is 29.0 Å². The van der Waals surface area contributed by atoms with E-state index in [4.69, 9.17) is 18.9 Å². The summed E-state index contributed by atoms with van der Waals surface area (Å²) in [5.74, 6) is 1.46. The number of nitrogens with zero attached hydrogens (tertiary/aromatic N) is 1. The van der Waals surface area contributed by atoms with Crippen LogP contribution in [0.2, 0.25) is 0 Å². The number of methoxy groups -OCH3 is 2. The molecule has 0 radical (unpaired) electrons. The van der Waals surface area contributed by atoms with Crippen molar-refractivity contribution in [2.24, 2.45) is 0 Å². The Balaban J connectivity index is 1.55. The quantitative estimate of drug-likeness (QED) is 0.338. The number of H-pyrrole nitrogens is 1. The zero-order valence-electron chi connectivity index (χ0n) is 20.7. The van der Waals surface area contributed by atoms with E-state index in [2.05, 4.69) is 4.98 Å². The predicted octanol–water partition coefficient (Wildman–Crippen LogP) is 3.85. The second-order valence-corrected chi connectivity index (χ2v) is 8.92. The maximum absolute atomic E-state index is 12.1. The van der Waals surface area contributed by atoms with Crippen molar-refractivity contribution < 1.29 is 24.1 Å². The van der Waals surface area contributed by atoms with Gasteiger partial charge in [0, 0.05) is 18.8 Å². The number of aliphatic hydroxyl groups is 1. The standard InChI is InChI=1S/C29H30N2O6/c1-34-23-12-8-21(9-13-23)29(20-6-4-3-5-7-20,22-10-14-24(35-2)15-11-22)36-19-26-25(32)18-27(37-26)31-17-16-30-28(31)33/h3-17,25-27,32H,18-19H2,1-2H3,(H,30,33)/t25-,26-,27-/m1/s1. The number of benzene rings is 3. The molecule has 8 nitrogen and oxygen atoms in total. The molecule has 8 heteroatoms. The maximum Gasteiger partial charge on any atom is 0.327 e. The highest BCUT2D eigenvalue weighted by molar-refractivity contribution is 5.49. The summed E-state index contributed by atoms with van der Waals surface area (Å²) in [6.45, 7) is 0.0871. The first kappa shape index (κ1) is 24.8. The monoisotopic (exact) mass is 502 g/mol. The third-order valence-corrected chi connectivity index (χ3v) is 6.83. The van der Waals surface area contributed by atoms with E-state index in [1.54, 1.807) is 26.6 Å². The van der Waals surface area contributed by atoms with Crippen LogP contribution in [0.1, 0.15) is 29.3 Å². The first-order valence-corrected chi connectivity index (χ1v) is 12.1. The van der Waals surface area contributed by atoms with Crippen LogP contribution in [-0.4, -0.2) is 47.7 Å². The lowest BCUT2D eigenvalue weighted by molar-refractivity contribution is -0.0941.